The van der Waals surface area contributed by atoms with E-state index in [2.05, 4.69) is 10.3 Å². The van der Waals surface area contributed by atoms with Gasteiger partial charge in [-0.1, -0.05) is 29.5 Å². The Labute approximate surface area is 107 Å². The minimum absolute atomic E-state index is 0.628. The number of aromatic nitrogens is 3. The van der Waals surface area contributed by atoms with E-state index in [1.165, 1.54) is 0 Å². The van der Waals surface area contributed by atoms with Crippen LogP contribution in [0, 0.1) is 0 Å². The SMILES string of the molecule is COCc1ccc(-c2cn(CCCN)nn2)cc1. The molecular weight excluding hydrogens is 228 g/mol. The molecular formula is C13H18N4O. The molecule has 0 bridgehead atoms. The van der Waals surface area contributed by atoms with Crippen LogP contribution in [0.1, 0.15) is 12.0 Å². The number of methoxy groups -OCH3 is 1. The number of hydrogen-bond acceptors (Lipinski definition) is 4. The number of nitrogens with two attached hydrogens (primary N) is 1. The average molecular weight is 246 g/mol. The molecule has 1 heterocycles. The molecule has 0 radical (unpaired) electrons. The van der Waals surface area contributed by atoms with Crippen LogP contribution in [0.25, 0.3) is 11.3 Å². The third kappa shape index (κ3) is 3.15. The topological polar surface area (TPSA) is 66.0 Å². The van der Waals surface area contributed by atoms with Crippen molar-refractivity contribution >= 4 is 0 Å². The summed E-state index contributed by atoms with van der Waals surface area (Å²) in [7, 11) is 1.69. The summed E-state index contributed by atoms with van der Waals surface area (Å²) in [6, 6.07) is 8.15. The molecule has 0 amide bonds. The van der Waals surface area contributed by atoms with E-state index in [0.29, 0.717) is 13.2 Å². The summed E-state index contributed by atoms with van der Waals surface area (Å²) >= 11 is 0. The van der Waals surface area contributed by atoms with Crippen molar-refractivity contribution in [2.24, 2.45) is 5.73 Å². The summed E-state index contributed by atoms with van der Waals surface area (Å²) in [5.74, 6) is 0. The lowest BCUT2D eigenvalue weighted by atomic mass is 10.1. The Morgan fingerprint density at radius 1 is 1.28 bits per heavy atom. The Morgan fingerprint density at radius 3 is 2.72 bits per heavy atom. The Balaban J connectivity index is 2.08. The quantitative estimate of drug-likeness (QED) is 0.837. The first-order valence-electron chi connectivity index (χ1n) is 6.02. The fraction of sp³-hybridized carbons (Fsp3) is 0.385. The van der Waals surface area contributed by atoms with Gasteiger partial charge < -0.3 is 10.5 Å². The van der Waals surface area contributed by atoms with Crippen molar-refractivity contribution < 1.29 is 4.74 Å². The highest BCUT2D eigenvalue weighted by atomic mass is 16.5. The summed E-state index contributed by atoms with van der Waals surface area (Å²) in [4.78, 5) is 0. The van der Waals surface area contributed by atoms with Crippen molar-refractivity contribution in [2.45, 2.75) is 19.6 Å². The van der Waals surface area contributed by atoms with Crippen molar-refractivity contribution in [1.29, 1.82) is 0 Å². The number of rotatable bonds is 6. The van der Waals surface area contributed by atoms with Crippen molar-refractivity contribution in [2.75, 3.05) is 13.7 Å². The first-order chi connectivity index (χ1) is 8.83. The van der Waals surface area contributed by atoms with E-state index >= 15 is 0 Å². The van der Waals surface area contributed by atoms with E-state index in [4.69, 9.17) is 10.5 Å². The number of ether oxygens (including phenoxy) is 1. The van der Waals surface area contributed by atoms with Crippen LogP contribution in [-0.2, 0) is 17.9 Å². The van der Waals surface area contributed by atoms with Crippen LogP contribution in [-0.4, -0.2) is 28.6 Å². The van der Waals surface area contributed by atoms with Crippen molar-refractivity contribution in [3.05, 3.63) is 36.0 Å². The highest BCUT2D eigenvalue weighted by molar-refractivity contribution is 5.57. The van der Waals surface area contributed by atoms with Crippen LogP contribution in [0.3, 0.4) is 0 Å². The number of hydrogen-bond donors (Lipinski definition) is 1. The lowest BCUT2D eigenvalue weighted by molar-refractivity contribution is 0.185. The van der Waals surface area contributed by atoms with Crippen LogP contribution >= 0.6 is 0 Å². The normalized spacial score (nSPS) is 10.8. The second kappa shape index (κ2) is 6.28. The Bertz CT molecular complexity index is 478. The lowest BCUT2D eigenvalue weighted by Crippen LogP contribution is -2.06. The molecule has 0 saturated carbocycles. The molecule has 2 aromatic rings. The van der Waals surface area contributed by atoms with Gasteiger partial charge in [-0.2, -0.15) is 0 Å². The molecule has 96 valence electrons. The molecule has 2 N–H and O–H groups in total. The number of benzene rings is 1. The lowest BCUT2D eigenvalue weighted by Gasteiger charge is -2.00. The minimum Gasteiger partial charge on any atom is -0.380 e. The predicted molar refractivity (Wildman–Crippen MR) is 69.8 cm³/mol. The van der Waals surface area contributed by atoms with Crippen LogP contribution in [0.15, 0.2) is 30.5 Å². The van der Waals surface area contributed by atoms with Gasteiger partial charge in [-0.15, -0.1) is 5.10 Å². The zero-order valence-corrected chi connectivity index (χ0v) is 10.5. The van der Waals surface area contributed by atoms with Crippen molar-refractivity contribution in [3.63, 3.8) is 0 Å². The predicted octanol–water partition coefficient (Wildman–Crippen LogP) is 1.44. The zero-order valence-electron chi connectivity index (χ0n) is 10.5. The molecule has 5 nitrogen and oxygen atoms in total. The summed E-state index contributed by atoms with van der Waals surface area (Å²) in [6.45, 7) is 2.11. The van der Waals surface area contributed by atoms with E-state index in [1.807, 2.05) is 35.1 Å². The maximum atomic E-state index is 5.47. The van der Waals surface area contributed by atoms with Crippen LogP contribution in [0.2, 0.25) is 0 Å². The molecule has 5 heteroatoms. The first kappa shape index (κ1) is 12.7. The van der Waals surface area contributed by atoms with Gasteiger partial charge in [0.05, 0.1) is 12.8 Å². The fourth-order valence-electron chi connectivity index (χ4n) is 1.73. The molecule has 0 unspecified atom stereocenters. The maximum absolute atomic E-state index is 5.47. The summed E-state index contributed by atoms with van der Waals surface area (Å²) in [6.07, 6.45) is 2.86. The molecule has 2 rings (SSSR count). The van der Waals surface area contributed by atoms with E-state index in [9.17, 15) is 0 Å². The third-order valence-corrected chi connectivity index (χ3v) is 2.69. The van der Waals surface area contributed by atoms with Crippen LogP contribution in [0.4, 0.5) is 0 Å². The third-order valence-electron chi connectivity index (χ3n) is 2.69. The van der Waals surface area contributed by atoms with Crippen molar-refractivity contribution in [3.8, 4) is 11.3 Å². The Morgan fingerprint density at radius 2 is 2.06 bits per heavy atom. The molecule has 0 aliphatic rings. The van der Waals surface area contributed by atoms with Gasteiger partial charge in [-0.25, -0.2) is 0 Å². The van der Waals surface area contributed by atoms with Gasteiger partial charge in [0, 0.05) is 19.2 Å². The van der Waals surface area contributed by atoms with E-state index < -0.39 is 0 Å². The van der Waals surface area contributed by atoms with Gasteiger partial charge in [0.25, 0.3) is 0 Å². The Hall–Kier alpha value is -1.72. The summed E-state index contributed by atoms with van der Waals surface area (Å²) < 4.78 is 6.90. The van der Waals surface area contributed by atoms with Gasteiger partial charge >= 0.3 is 0 Å². The molecule has 0 saturated heterocycles. The summed E-state index contributed by atoms with van der Waals surface area (Å²) in [5.41, 5.74) is 8.56. The molecule has 18 heavy (non-hydrogen) atoms. The van der Waals surface area contributed by atoms with Gasteiger partial charge in [0.15, 0.2) is 0 Å². The van der Waals surface area contributed by atoms with E-state index in [-0.39, 0.29) is 0 Å². The van der Waals surface area contributed by atoms with Gasteiger partial charge in [0.2, 0.25) is 0 Å². The molecule has 0 fully saturated rings. The molecule has 0 spiro atoms. The standard InChI is InChI=1S/C13H18N4O/c1-18-10-11-3-5-12(6-4-11)13-9-17(16-15-13)8-2-7-14/h3-6,9H,2,7-8,10,14H2,1H3. The van der Waals surface area contributed by atoms with Gasteiger partial charge in [-0.05, 0) is 18.5 Å². The maximum Gasteiger partial charge on any atom is 0.113 e. The molecule has 1 aromatic heterocycles. The highest BCUT2D eigenvalue weighted by Crippen LogP contribution is 2.17. The van der Waals surface area contributed by atoms with Gasteiger partial charge in [0.1, 0.15) is 5.69 Å². The second-order valence-electron chi connectivity index (χ2n) is 4.14. The highest BCUT2D eigenvalue weighted by Gasteiger charge is 2.03. The minimum atomic E-state index is 0.628. The first-order valence-corrected chi connectivity index (χ1v) is 6.02. The molecule has 0 aliphatic heterocycles. The molecule has 0 atom stereocenters. The Kier molecular flexibility index (Phi) is 4.44. The van der Waals surface area contributed by atoms with E-state index in [1.54, 1.807) is 7.11 Å². The number of aryl methyl sites for hydroxylation is 1. The fourth-order valence-corrected chi connectivity index (χ4v) is 1.73. The second-order valence-corrected chi connectivity index (χ2v) is 4.14. The average Bonchev–Trinajstić information content (AvgIpc) is 2.86. The summed E-state index contributed by atoms with van der Waals surface area (Å²) in [5, 5.41) is 8.23. The van der Waals surface area contributed by atoms with Crippen LogP contribution in [0.5, 0.6) is 0 Å². The van der Waals surface area contributed by atoms with E-state index in [0.717, 1.165) is 29.8 Å². The molecule has 0 aliphatic carbocycles. The van der Waals surface area contributed by atoms with Gasteiger partial charge in [-0.3, -0.25) is 4.68 Å². The molecule has 1 aromatic carbocycles. The number of nitrogens with zero attached hydrogens (tertiary/aromatic N) is 3. The monoisotopic (exact) mass is 246 g/mol. The van der Waals surface area contributed by atoms with Crippen LogP contribution < -0.4 is 5.73 Å². The van der Waals surface area contributed by atoms with Crippen molar-refractivity contribution in [1.82, 2.24) is 15.0 Å². The smallest absolute Gasteiger partial charge is 0.113 e. The zero-order chi connectivity index (χ0) is 12.8. The largest absolute Gasteiger partial charge is 0.380 e.